The molecule has 0 heterocycles. The van der Waals surface area contributed by atoms with Gasteiger partial charge in [-0.25, -0.2) is 0 Å². The number of nitrogens with zero attached hydrogens (tertiary/aromatic N) is 1. The molecular weight excluding hydrogens is 202 g/mol. The van der Waals surface area contributed by atoms with Gasteiger partial charge in [-0.1, -0.05) is 11.6 Å². The van der Waals surface area contributed by atoms with Crippen LogP contribution in [-0.2, 0) is 4.79 Å². The number of carbonyl (C=O) groups is 1. The Morgan fingerprint density at radius 3 is 2.86 bits per heavy atom. The Bertz CT molecular complexity index is 398. The Morgan fingerprint density at radius 2 is 2.36 bits per heavy atom. The lowest BCUT2D eigenvalue weighted by atomic mass is 10.2. The molecule has 0 unspecified atom stereocenters. The molecule has 0 radical (unpaired) electrons. The van der Waals surface area contributed by atoms with E-state index in [-0.39, 0.29) is 6.54 Å². The maximum Gasteiger partial charge on any atom is 0.236 e. The van der Waals surface area contributed by atoms with Crippen molar-refractivity contribution >= 4 is 23.2 Å². The van der Waals surface area contributed by atoms with E-state index >= 15 is 0 Å². The van der Waals surface area contributed by atoms with Crippen LogP contribution >= 0.6 is 11.6 Å². The fraction of sp³-hybridized carbons (Fsp3) is 0.111. The van der Waals surface area contributed by atoms with Gasteiger partial charge in [-0.05, 0) is 18.2 Å². The van der Waals surface area contributed by atoms with Crippen molar-refractivity contribution in [2.24, 2.45) is 5.73 Å². The lowest BCUT2D eigenvalue weighted by Gasteiger charge is -2.04. The van der Waals surface area contributed by atoms with Gasteiger partial charge in [-0.3, -0.25) is 4.79 Å². The maximum atomic E-state index is 10.5. The van der Waals surface area contributed by atoms with Gasteiger partial charge in [0.1, 0.15) is 6.07 Å². The van der Waals surface area contributed by atoms with E-state index in [1.165, 1.54) is 0 Å². The standard InChI is InChI=1S/C9H8ClN3O/c10-8-3-7(13-5-9(12)14)2-1-6(8)4-11/h1-3,13H,5H2,(H2,12,14). The van der Waals surface area contributed by atoms with Crippen molar-refractivity contribution in [2.45, 2.75) is 0 Å². The third kappa shape index (κ3) is 2.64. The number of amides is 1. The number of carbonyl (C=O) groups excluding carboxylic acids is 1. The summed E-state index contributed by atoms with van der Waals surface area (Å²) in [7, 11) is 0. The molecule has 0 saturated carbocycles. The second kappa shape index (κ2) is 4.49. The highest BCUT2D eigenvalue weighted by molar-refractivity contribution is 6.32. The van der Waals surface area contributed by atoms with Crippen molar-refractivity contribution in [1.29, 1.82) is 5.26 Å². The van der Waals surface area contributed by atoms with Crippen molar-refractivity contribution < 1.29 is 4.79 Å². The molecular formula is C9H8ClN3O. The van der Waals surface area contributed by atoms with E-state index < -0.39 is 5.91 Å². The summed E-state index contributed by atoms with van der Waals surface area (Å²) in [5.74, 6) is -0.453. The number of nitriles is 1. The van der Waals surface area contributed by atoms with Gasteiger partial charge in [0.15, 0.2) is 0 Å². The number of benzene rings is 1. The van der Waals surface area contributed by atoms with E-state index in [4.69, 9.17) is 22.6 Å². The van der Waals surface area contributed by atoms with Crippen molar-refractivity contribution in [1.82, 2.24) is 0 Å². The second-order valence-electron chi connectivity index (χ2n) is 2.63. The summed E-state index contributed by atoms with van der Waals surface area (Å²) in [6.45, 7) is 0.0439. The molecule has 3 N–H and O–H groups in total. The van der Waals surface area contributed by atoms with E-state index in [0.29, 0.717) is 16.3 Å². The first-order chi connectivity index (χ1) is 6.63. The summed E-state index contributed by atoms with van der Waals surface area (Å²) in [5.41, 5.74) is 6.01. The minimum atomic E-state index is -0.453. The van der Waals surface area contributed by atoms with Crippen LogP contribution in [0.25, 0.3) is 0 Å². The zero-order valence-corrected chi connectivity index (χ0v) is 8.01. The number of hydrogen-bond acceptors (Lipinski definition) is 3. The molecule has 72 valence electrons. The number of primary amides is 1. The second-order valence-corrected chi connectivity index (χ2v) is 3.03. The SMILES string of the molecule is N#Cc1ccc(NCC(N)=O)cc1Cl. The summed E-state index contributed by atoms with van der Waals surface area (Å²) < 4.78 is 0. The molecule has 5 heteroatoms. The van der Waals surface area contributed by atoms with E-state index in [9.17, 15) is 4.79 Å². The molecule has 0 aromatic heterocycles. The Kier molecular flexibility index (Phi) is 3.32. The number of nitrogens with one attached hydrogen (secondary N) is 1. The average Bonchev–Trinajstić information content (AvgIpc) is 2.15. The highest BCUT2D eigenvalue weighted by Gasteiger charge is 2.01. The molecule has 0 fully saturated rings. The van der Waals surface area contributed by atoms with Gasteiger partial charge in [0, 0.05) is 5.69 Å². The summed E-state index contributed by atoms with van der Waals surface area (Å²) >= 11 is 5.77. The Hall–Kier alpha value is -1.73. The van der Waals surface area contributed by atoms with Crippen LogP contribution in [0, 0.1) is 11.3 Å². The normalized spacial score (nSPS) is 9.14. The van der Waals surface area contributed by atoms with Gasteiger partial charge in [0.2, 0.25) is 5.91 Å². The maximum absolute atomic E-state index is 10.5. The van der Waals surface area contributed by atoms with Crippen LogP contribution in [0.3, 0.4) is 0 Å². The zero-order valence-electron chi connectivity index (χ0n) is 7.25. The highest BCUT2D eigenvalue weighted by Crippen LogP contribution is 2.19. The molecule has 4 nitrogen and oxygen atoms in total. The van der Waals surface area contributed by atoms with Crippen LogP contribution < -0.4 is 11.1 Å². The molecule has 14 heavy (non-hydrogen) atoms. The largest absolute Gasteiger partial charge is 0.376 e. The smallest absolute Gasteiger partial charge is 0.236 e. The average molecular weight is 210 g/mol. The van der Waals surface area contributed by atoms with Gasteiger partial charge in [-0.2, -0.15) is 5.26 Å². The predicted molar refractivity (Wildman–Crippen MR) is 53.9 cm³/mol. The number of nitrogens with two attached hydrogens (primary N) is 1. The van der Waals surface area contributed by atoms with Crippen molar-refractivity contribution in [2.75, 3.05) is 11.9 Å². The molecule has 1 rings (SSSR count). The Labute approximate surface area is 86.3 Å². The predicted octanol–water partition coefficient (Wildman–Crippen LogP) is 1.11. The van der Waals surface area contributed by atoms with Gasteiger partial charge in [0.05, 0.1) is 17.1 Å². The Balaban J connectivity index is 2.77. The number of halogens is 1. The lowest BCUT2D eigenvalue weighted by molar-refractivity contribution is -0.116. The van der Waals surface area contributed by atoms with Crippen molar-refractivity contribution in [3.8, 4) is 6.07 Å². The topological polar surface area (TPSA) is 78.9 Å². The van der Waals surface area contributed by atoms with Crippen molar-refractivity contribution in [3.63, 3.8) is 0 Å². The molecule has 0 aliphatic heterocycles. The number of rotatable bonds is 3. The van der Waals surface area contributed by atoms with E-state index in [1.54, 1.807) is 18.2 Å². The molecule has 1 amide bonds. The van der Waals surface area contributed by atoms with Crippen LogP contribution in [0.2, 0.25) is 5.02 Å². The summed E-state index contributed by atoms with van der Waals surface area (Å²) in [6, 6.07) is 6.74. The quantitative estimate of drug-likeness (QED) is 0.783. The van der Waals surface area contributed by atoms with E-state index in [1.807, 2.05) is 6.07 Å². The minimum absolute atomic E-state index is 0.0439. The molecule has 1 aromatic carbocycles. The fourth-order valence-electron chi connectivity index (χ4n) is 0.905. The molecule has 0 bridgehead atoms. The molecule has 0 saturated heterocycles. The summed E-state index contributed by atoms with van der Waals surface area (Å²) in [5, 5.41) is 11.7. The van der Waals surface area contributed by atoms with Crippen LogP contribution in [0.1, 0.15) is 5.56 Å². The number of hydrogen-bond donors (Lipinski definition) is 2. The lowest BCUT2D eigenvalue weighted by Crippen LogP contribution is -2.21. The summed E-state index contributed by atoms with van der Waals surface area (Å²) in [4.78, 5) is 10.5. The van der Waals surface area contributed by atoms with Gasteiger partial charge in [0.25, 0.3) is 0 Å². The minimum Gasteiger partial charge on any atom is -0.376 e. The molecule has 0 atom stereocenters. The highest BCUT2D eigenvalue weighted by atomic mass is 35.5. The third-order valence-corrected chi connectivity index (χ3v) is 1.87. The summed E-state index contributed by atoms with van der Waals surface area (Å²) in [6.07, 6.45) is 0. The molecule has 0 aliphatic carbocycles. The van der Waals surface area contributed by atoms with Gasteiger partial charge < -0.3 is 11.1 Å². The van der Waals surface area contributed by atoms with E-state index in [2.05, 4.69) is 5.32 Å². The van der Waals surface area contributed by atoms with Gasteiger partial charge >= 0.3 is 0 Å². The first kappa shape index (κ1) is 10.4. The van der Waals surface area contributed by atoms with Crippen LogP contribution in [0.5, 0.6) is 0 Å². The first-order valence-electron chi connectivity index (χ1n) is 3.85. The van der Waals surface area contributed by atoms with E-state index in [0.717, 1.165) is 0 Å². The van der Waals surface area contributed by atoms with Crippen LogP contribution in [0.15, 0.2) is 18.2 Å². The third-order valence-electron chi connectivity index (χ3n) is 1.56. The molecule has 1 aromatic rings. The van der Waals surface area contributed by atoms with Crippen molar-refractivity contribution in [3.05, 3.63) is 28.8 Å². The molecule has 0 aliphatic rings. The zero-order chi connectivity index (χ0) is 10.6. The first-order valence-corrected chi connectivity index (χ1v) is 4.23. The monoisotopic (exact) mass is 209 g/mol. The number of anilines is 1. The van der Waals surface area contributed by atoms with Crippen LogP contribution in [-0.4, -0.2) is 12.5 Å². The molecule has 0 spiro atoms. The fourth-order valence-corrected chi connectivity index (χ4v) is 1.13. The van der Waals surface area contributed by atoms with Crippen LogP contribution in [0.4, 0.5) is 5.69 Å². The van der Waals surface area contributed by atoms with Gasteiger partial charge in [-0.15, -0.1) is 0 Å². The Morgan fingerprint density at radius 1 is 1.64 bits per heavy atom.